The van der Waals surface area contributed by atoms with Gasteiger partial charge in [-0.15, -0.1) is 0 Å². The molecular formula is C13H8BF4N2O-. The summed E-state index contributed by atoms with van der Waals surface area (Å²) in [6.45, 7) is -4.05. The number of nitrogens with zero attached hydrogens (tertiary/aromatic N) is 1. The number of benzene rings is 1. The largest absolute Gasteiger partial charge is 0.510 e. The van der Waals surface area contributed by atoms with Gasteiger partial charge in [-0.2, -0.15) is 5.26 Å². The Balaban J connectivity index is 2.93. The second-order valence-corrected chi connectivity index (χ2v) is 4.46. The number of halogens is 4. The molecular weight excluding hydrogens is 287 g/mol. The number of hydrogen-bond acceptors (Lipinski definition) is 2. The molecule has 108 valence electrons. The average molecular weight is 295 g/mol. The fourth-order valence-corrected chi connectivity index (χ4v) is 2.09. The highest BCUT2D eigenvalue weighted by Crippen LogP contribution is 2.27. The molecule has 8 heteroatoms. The third kappa shape index (κ3) is 2.67. The van der Waals surface area contributed by atoms with Crippen LogP contribution in [-0.4, -0.2) is 12.0 Å². The molecule has 1 heterocycles. The molecule has 0 aliphatic rings. The molecule has 2 aromatic rings. The molecule has 2 rings (SSSR count). The predicted molar refractivity (Wildman–Crippen MR) is 70.6 cm³/mol. The number of aromatic amines is 1. The van der Waals surface area contributed by atoms with Crippen LogP contribution in [0.3, 0.4) is 0 Å². The second kappa shape index (κ2) is 5.09. The van der Waals surface area contributed by atoms with Crippen LogP contribution >= 0.6 is 0 Å². The number of aryl methyl sites for hydroxylation is 1. The first kappa shape index (κ1) is 14.8. The van der Waals surface area contributed by atoms with Crippen molar-refractivity contribution in [3.8, 4) is 17.2 Å². The summed E-state index contributed by atoms with van der Waals surface area (Å²) in [4.78, 5) is 14.0. The van der Waals surface area contributed by atoms with Gasteiger partial charge in [0.25, 0.3) is 5.56 Å². The van der Waals surface area contributed by atoms with Gasteiger partial charge in [-0.05, 0) is 24.6 Å². The molecule has 0 spiro atoms. The van der Waals surface area contributed by atoms with Crippen molar-refractivity contribution < 1.29 is 17.3 Å². The molecule has 0 bridgehead atoms. The molecule has 3 nitrogen and oxygen atoms in total. The van der Waals surface area contributed by atoms with Crippen molar-refractivity contribution in [3.05, 3.63) is 51.7 Å². The Morgan fingerprint density at radius 2 is 1.95 bits per heavy atom. The van der Waals surface area contributed by atoms with E-state index in [1.807, 2.05) is 0 Å². The van der Waals surface area contributed by atoms with Crippen LogP contribution in [0.5, 0.6) is 0 Å². The van der Waals surface area contributed by atoms with Crippen molar-refractivity contribution >= 4 is 12.4 Å². The van der Waals surface area contributed by atoms with Gasteiger partial charge in [0.1, 0.15) is 17.4 Å². The average Bonchev–Trinajstić information content (AvgIpc) is 2.36. The van der Waals surface area contributed by atoms with Crippen LogP contribution in [0.1, 0.15) is 11.3 Å². The van der Waals surface area contributed by atoms with Gasteiger partial charge in [0, 0.05) is 11.3 Å². The lowest BCUT2D eigenvalue weighted by molar-refractivity contribution is 0.500. The zero-order valence-corrected chi connectivity index (χ0v) is 10.8. The van der Waals surface area contributed by atoms with Gasteiger partial charge in [-0.25, -0.2) is 4.39 Å². The van der Waals surface area contributed by atoms with Gasteiger partial charge in [0.05, 0.1) is 0 Å². The van der Waals surface area contributed by atoms with E-state index < -0.39 is 34.9 Å². The van der Waals surface area contributed by atoms with Crippen molar-refractivity contribution in [2.75, 3.05) is 0 Å². The Morgan fingerprint density at radius 1 is 1.29 bits per heavy atom. The van der Waals surface area contributed by atoms with E-state index in [9.17, 15) is 22.1 Å². The van der Waals surface area contributed by atoms with Gasteiger partial charge < -0.3 is 17.9 Å². The highest BCUT2D eigenvalue weighted by Gasteiger charge is 2.31. The third-order valence-electron chi connectivity index (χ3n) is 2.95. The number of nitrogens with one attached hydrogen (secondary N) is 1. The molecule has 21 heavy (non-hydrogen) atoms. The van der Waals surface area contributed by atoms with Gasteiger partial charge in [-0.3, -0.25) is 4.79 Å². The zero-order valence-electron chi connectivity index (χ0n) is 10.8. The van der Waals surface area contributed by atoms with Gasteiger partial charge in [-0.1, -0.05) is 17.6 Å². The lowest BCUT2D eigenvalue weighted by atomic mass is 9.74. The first-order chi connectivity index (χ1) is 9.75. The molecule has 0 radical (unpaired) electrons. The van der Waals surface area contributed by atoms with E-state index in [0.29, 0.717) is 0 Å². The minimum Gasteiger partial charge on any atom is -0.445 e. The Kier molecular flexibility index (Phi) is 3.60. The molecule has 0 saturated heterocycles. The van der Waals surface area contributed by atoms with Crippen LogP contribution in [0.25, 0.3) is 11.1 Å². The molecule has 1 aromatic carbocycles. The third-order valence-corrected chi connectivity index (χ3v) is 2.95. The van der Waals surface area contributed by atoms with E-state index in [1.54, 1.807) is 0 Å². The molecule has 1 N–H and O–H groups in total. The summed E-state index contributed by atoms with van der Waals surface area (Å²) < 4.78 is 53.2. The van der Waals surface area contributed by atoms with Crippen LogP contribution in [0.2, 0.25) is 0 Å². The maximum Gasteiger partial charge on any atom is 0.510 e. The number of pyridine rings is 1. The molecule has 0 unspecified atom stereocenters. The van der Waals surface area contributed by atoms with Gasteiger partial charge in [0.2, 0.25) is 0 Å². The van der Waals surface area contributed by atoms with E-state index >= 15 is 0 Å². The van der Waals surface area contributed by atoms with Crippen molar-refractivity contribution in [2.24, 2.45) is 0 Å². The first-order valence-electron chi connectivity index (χ1n) is 5.88. The smallest absolute Gasteiger partial charge is 0.445 e. The second-order valence-electron chi connectivity index (χ2n) is 4.46. The molecule has 1 aromatic heterocycles. The van der Waals surface area contributed by atoms with E-state index in [2.05, 4.69) is 4.98 Å². The monoisotopic (exact) mass is 295 g/mol. The first-order valence-corrected chi connectivity index (χ1v) is 5.88. The highest BCUT2D eigenvalue weighted by molar-refractivity contribution is 6.75. The Labute approximate surface area is 116 Å². The molecule has 0 aliphatic heterocycles. The lowest BCUT2D eigenvalue weighted by Gasteiger charge is -2.20. The Bertz CT molecular complexity index is 805. The number of hydrogen-bond donors (Lipinski definition) is 1. The van der Waals surface area contributed by atoms with E-state index in [-0.39, 0.29) is 11.3 Å². The predicted octanol–water partition coefficient (Wildman–Crippen LogP) is 2.42. The summed E-state index contributed by atoms with van der Waals surface area (Å²) in [7, 11) is 0. The van der Waals surface area contributed by atoms with Crippen molar-refractivity contribution in [1.82, 2.24) is 4.98 Å². The summed E-state index contributed by atoms with van der Waals surface area (Å²) in [5.41, 5.74) is -3.46. The summed E-state index contributed by atoms with van der Waals surface area (Å²) >= 11 is 0. The number of H-pyrrole nitrogens is 1. The number of nitriles is 1. The minimum atomic E-state index is -5.49. The molecule has 0 atom stereocenters. The van der Waals surface area contributed by atoms with Crippen LogP contribution in [0.15, 0.2) is 29.1 Å². The van der Waals surface area contributed by atoms with Crippen LogP contribution < -0.4 is 11.0 Å². The van der Waals surface area contributed by atoms with Crippen molar-refractivity contribution in [3.63, 3.8) is 0 Å². The van der Waals surface area contributed by atoms with E-state index in [4.69, 9.17) is 5.26 Å². The topological polar surface area (TPSA) is 56.6 Å². The highest BCUT2D eigenvalue weighted by atomic mass is 19.4. The van der Waals surface area contributed by atoms with Crippen LogP contribution in [0.4, 0.5) is 17.3 Å². The quantitative estimate of drug-likeness (QED) is 0.683. The summed E-state index contributed by atoms with van der Waals surface area (Å²) in [5, 5.41) is 8.97. The maximum absolute atomic E-state index is 13.9. The van der Waals surface area contributed by atoms with Gasteiger partial charge in [0.15, 0.2) is 0 Å². The van der Waals surface area contributed by atoms with E-state index in [0.717, 1.165) is 24.3 Å². The minimum absolute atomic E-state index is 0.234. The Hall–Kier alpha value is -2.56. The summed E-state index contributed by atoms with van der Waals surface area (Å²) in [5.74, 6) is -1.13. The van der Waals surface area contributed by atoms with Crippen molar-refractivity contribution in [1.29, 1.82) is 5.26 Å². The zero-order chi connectivity index (χ0) is 15.8. The fraction of sp³-hybridized carbons (Fsp3) is 0.0769. The summed E-state index contributed by atoms with van der Waals surface area (Å²) in [6, 6.07) is 5.21. The molecule has 0 amide bonds. The van der Waals surface area contributed by atoms with Crippen molar-refractivity contribution in [2.45, 2.75) is 6.92 Å². The Morgan fingerprint density at radius 3 is 2.52 bits per heavy atom. The van der Waals surface area contributed by atoms with Gasteiger partial charge >= 0.3 is 6.98 Å². The van der Waals surface area contributed by atoms with E-state index in [1.165, 1.54) is 13.0 Å². The lowest BCUT2D eigenvalue weighted by Crippen LogP contribution is -2.36. The van der Waals surface area contributed by atoms with Crippen LogP contribution in [-0.2, 0) is 0 Å². The van der Waals surface area contributed by atoms with Crippen LogP contribution in [0, 0.1) is 24.1 Å². The standard InChI is InChI=1S/C13H8BF4N2O/c1-7-5-8(9(6-19)13(21)20-7)12-10(14(16,17)18)3-2-4-11(12)15/h2-5H,1H3,(H,20,21)/q-1. The maximum atomic E-state index is 13.9. The summed E-state index contributed by atoms with van der Waals surface area (Å²) in [6.07, 6.45) is 0. The number of rotatable bonds is 2. The number of aromatic nitrogens is 1. The molecule has 0 saturated carbocycles. The SMILES string of the molecule is Cc1cc(-c2c(F)cccc2[B-](F)(F)F)c(C#N)c(=O)[nH]1. The molecule has 0 aliphatic carbocycles. The molecule has 0 fully saturated rings. The normalized spacial score (nSPS) is 11.2. The fourth-order valence-electron chi connectivity index (χ4n) is 2.09.